The lowest BCUT2D eigenvalue weighted by molar-refractivity contribution is 0.297. The monoisotopic (exact) mass is 221 g/mol. The van der Waals surface area contributed by atoms with Crippen LogP contribution in [0.1, 0.15) is 37.0 Å². The van der Waals surface area contributed by atoms with Gasteiger partial charge in [0.05, 0.1) is 5.54 Å². The summed E-state index contributed by atoms with van der Waals surface area (Å²) in [7, 11) is 0. The molecule has 1 saturated carbocycles. The zero-order valence-electron chi connectivity index (χ0n) is 8.74. The van der Waals surface area contributed by atoms with Crippen LogP contribution in [0.15, 0.2) is 22.5 Å². The van der Waals surface area contributed by atoms with Crippen LogP contribution in [0, 0.1) is 0 Å². The molecule has 0 bridgehead atoms. The Balaban J connectivity index is 2.14. The Morgan fingerprint density at radius 2 is 2.20 bits per heavy atom. The van der Waals surface area contributed by atoms with Crippen molar-refractivity contribution in [3.05, 3.63) is 22.4 Å². The van der Waals surface area contributed by atoms with E-state index >= 15 is 0 Å². The number of hydrogen-bond acceptors (Lipinski definition) is 3. The second kappa shape index (κ2) is 4.73. The summed E-state index contributed by atoms with van der Waals surface area (Å²) in [5, 5.41) is 2.08. The molecule has 0 unspecified atom stereocenters. The molecule has 0 radical (unpaired) electrons. The summed E-state index contributed by atoms with van der Waals surface area (Å²) in [6, 6.07) is 4.18. The van der Waals surface area contributed by atoms with Gasteiger partial charge in [0.15, 0.2) is 0 Å². The van der Waals surface area contributed by atoms with Crippen LogP contribution >= 0.6 is 11.3 Å². The van der Waals surface area contributed by atoms with Crippen molar-refractivity contribution >= 4 is 17.4 Å². The third-order valence-electron chi connectivity index (χ3n) is 3.15. The predicted molar refractivity (Wildman–Crippen MR) is 62.0 cm³/mol. The highest BCUT2D eigenvalue weighted by molar-refractivity contribution is 7.09. The fraction of sp³-hybridized carbons (Fsp3) is 0.583. The first-order chi connectivity index (χ1) is 7.35. The standard InChI is InChI=1S/C12H15NOS/c14-10-13-12(6-2-1-3-7-12)9-11-5-4-8-15-11/h4-5,8H,1-3,6-7,9H2. The molecule has 0 atom stereocenters. The lowest BCUT2D eigenvalue weighted by Crippen LogP contribution is -2.31. The number of isocyanates is 1. The van der Waals surface area contributed by atoms with Gasteiger partial charge in [-0.2, -0.15) is 4.99 Å². The van der Waals surface area contributed by atoms with Crippen LogP contribution in [0.5, 0.6) is 0 Å². The van der Waals surface area contributed by atoms with E-state index in [-0.39, 0.29) is 5.54 Å². The molecule has 15 heavy (non-hydrogen) atoms. The molecule has 80 valence electrons. The van der Waals surface area contributed by atoms with Crippen molar-refractivity contribution < 1.29 is 4.79 Å². The normalized spacial score (nSPS) is 19.5. The average Bonchev–Trinajstić information content (AvgIpc) is 2.72. The Morgan fingerprint density at radius 1 is 1.40 bits per heavy atom. The molecule has 0 amide bonds. The van der Waals surface area contributed by atoms with Crippen molar-refractivity contribution in [2.45, 2.75) is 44.1 Å². The third kappa shape index (κ3) is 2.55. The van der Waals surface area contributed by atoms with Crippen molar-refractivity contribution in [3.8, 4) is 0 Å². The molecule has 2 rings (SSSR count). The molecular formula is C12H15NOS. The van der Waals surface area contributed by atoms with Crippen molar-refractivity contribution in [2.75, 3.05) is 0 Å². The van der Waals surface area contributed by atoms with E-state index in [9.17, 15) is 4.79 Å². The van der Waals surface area contributed by atoms with Crippen LogP contribution in [-0.2, 0) is 11.2 Å². The van der Waals surface area contributed by atoms with E-state index < -0.39 is 0 Å². The van der Waals surface area contributed by atoms with Gasteiger partial charge < -0.3 is 0 Å². The van der Waals surface area contributed by atoms with Crippen molar-refractivity contribution in [3.63, 3.8) is 0 Å². The minimum Gasteiger partial charge on any atom is -0.211 e. The minimum absolute atomic E-state index is 0.134. The van der Waals surface area contributed by atoms with Gasteiger partial charge in [0.2, 0.25) is 6.08 Å². The molecule has 1 aliphatic rings. The molecule has 0 aliphatic heterocycles. The van der Waals surface area contributed by atoms with Gasteiger partial charge in [-0.25, -0.2) is 4.79 Å². The van der Waals surface area contributed by atoms with Crippen molar-refractivity contribution in [1.29, 1.82) is 0 Å². The summed E-state index contributed by atoms with van der Waals surface area (Å²) in [6.45, 7) is 0. The Bertz CT molecular complexity index is 346. The molecule has 1 aromatic heterocycles. The Kier molecular flexibility index (Phi) is 3.34. The first-order valence-electron chi connectivity index (χ1n) is 5.46. The number of rotatable bonds is 3. The van der Waals surface area contributed by atoms with Crippen LogP contribution in [0.25, 0.3) is 0 Å². The summed E-state index contributed by atoms with van der Waals surface area (Å²) >= 11 is 1.75. The van der Waals surface area contributed by atoms with Crippen molar-refractivity contribution in [2.24, 2.45) is 4.99 Å². The molecule has 0 N–H and O–H groups in total. The highest BCUT2D eigenvalue weighted by atomic mass is 32.1. The number of carbonyl (C=O) groups excluding carboxylic acids is 1. The van der Waals surface area contributed by atoms with E-state index in [4.69, 9.17) is 0 Å². The van der Waals surface area contributed by atoms with Gasteiger partial charge in [0, 0.05) is 11.3 Å². The van der Waals surface area contributed by atoms with E-state index in [0.29, 0.717) is 0 Å². The lowest BCUT2D eigenvalue weighted by Gasteiger charge is -2.31. The Labute approximate surface area is 94.0 Å². The van der Waals surface area contributed by atoms with Crippen LogP contribution in [0.3, 0.4) is 0 Å². The summed E-state index contributed by atoms with van der Waals surface area (Å²) in [4.78, 5) is 15.9. The van der Waals surface area contributed by atoms with E-state index in [0.717, 1.165) is 19.3 Å². The SMILES string of the molecule is O=C=NC1(Cc2cccs2)CCCCC1. The third-order valence-corrected chi connectivity index (χ3v) is 4.03. The molecule has 0 saturated heterocycles. The fourth-order valence-corrected chi connectivity index (χ4v) is 3.21. The van der Waals surface area contributed by atoms with Crippen LogP contribution in [-0.4, -0.2) is 11.6 Å². The van der Waals surface area contributed by atoms with E-state index in [1.54, 1.807) is 17.4 Å². The first-order valence-corrected chi connectivity index (χ1v) is 6.34. The molecule has 3 heteroatoms. The predicted octanol–water partition coefficient (Wildman–Crippen LogP) is 3.33. The minimum atomic E-state index is -0.134. The largest absolute Gasteiger partial charge is 0.235 e. The summed E-state index contributed by atoms with van der Waals surface area (Å²) in [6.07, 6.45) is 8.43. The maximum atomic E-state index is 10.5. The van der Waals surface area contributed by atoms with Crippen LogP contribution in [0.2, 0.25) is 0 Å². The zero-order valence-corrected chi connectivity index (χ0v) is 9.55. The molecule has 2 nitrogen and oxygen atoms in total. The van der Waals surface area contributed by atoms with E-state index in [1.165, 1.54) is 24.1 Å². The number of hydrogen-bond donors (Lipinski definition) is 0. The van der Waals surface area contributed by atoms with Gasteiger partial charge in [-0.15, -0.1) is 11.3 Å². The molecule has 1 aromatic rings. The van der Waals surface area contributed by atoms with E-state index in [2.05, 4.69) is 22.5 Å². The number of aliphatic imine (C=N–C) groups is 1. The number of thiophene rings is 1. The smallest absolute Gasteiger partial charge is 0.211 e. The summed E-state index contributed by atoms with van der Waals surface area (Å²) < 4.78 is 0. The van der Waals surface area contributed by atoms with Gasteiger partial charge in [0.1, 0.15) is 0 Å². The van der Waals surface area contributed by atoms with Gasteiger partial charge >= 0.3 is 0 Å². The van der Waals surface area contributed by atoms with Gasteiger partial charge in [-0.05, 0) is 24.3 Å². The Morgan fingerprint density at radius 3 is 2.80 bits per heavy atom. The highest BCUT2D eigenvalue weighted by Crippen LogP contribution is 2.35. The van der Waals surface area contributed by atoms with Gasteiger partial charge in [-0.3, -0.25) is 0 Å². The fourth-order valence-electron chi connectivity index (χ4n) is 2.37. The molecule has 1 aliphatic carbocycles. The number of nitrogens with zero attached hydrogens (tertiary/aromatic N) is 1. The van der Waals surface area contributed by atoms with Crippen LogP contribution in [0.4, 0.5) is 0 Å². The second-order valence-corrected chi connectivity index (χ2v) is 5.28. The molecule has 1 fully saturated rings. The summed E-state index contributed by atoms with van der Waals surface area (Å²) in [5.41, 5.74) is -0.134. The zero-order chi connectivity index (χ0) is 10.6. The first kappa shape index (κ1) is 10.6. The highest BCUT2D eigenvalue weighted by Gasteiger charge is 2.32. The quantitative estimate of drug-likeness (QED) is 0.568. The molecule has 1 heterocycles. The lowest BCUT2D eigenvalue weighted by atomic mass is 9.79. The van der Waals surface area contributed by atoms with Crippen LogP contribution < -0.4 is 0 Å². The van der Waals surface area contributed by atoms with Gasteiger partial charge in [-0.1, -0.05) is 25.3 Å². The second-order valence-electron chi connectivity index (χ2n) is 4.24. The molecular weight excluding hydrogens is 206 g/mol. The topological polar surface area (TPSA) is 29.4 Å². The summed E-state index contributed by atoms with van der Waals surface area (Å²) in [5.74, 6) is 0. The maximum absolute atomic E-state index is 10.5. The molecule has 0 aromatic carbocycles. The van der Waals surface area contributed by atoms with Crippen molar-refractivity contribution in [1.82, 2.24) is 0 Å². The average molecular weight is 221 g/mol. The molecule has 0 spiro atoms. The Hall–Kier alpha value is -0.920. The maximum Gasteiger partial charge on any atom is 0.235 e. The van der Waals surface area contributed by atoms with Gasteiger partial charge in [0.25, 0.3) is 0 Å². The van der Waals surface area contributed by atoms with E-state index in [1.807, 2.05) is 0 Å².